The van der Waals surface area contributed by atoms with Crippen LogP contribution >= 0.6 is 23.1 Å². The lowest BCUT2D eigenvalue weighted by atomic mass is 9.97. The molecule has 0 spiro atoms. The van der Waals surface area contributed by atoms with Gasteiger partial charge in [-0.15, -0.1) is 17.9 Å². The molecule has 6 nitrogen and oxygen atoms in total. The van der Waals surface area contributed by atoms with Crippen LogP contribution in [0, 0.1) is 11.3 Å². The monoisotopic (exact) mass is 478 g/mol. The van der Waals surface area contributed by atoms with Crippen LogP contribution in [-0.4, -0.2) is 33.1 Å². The van der Waals surface area contributed by atoms with E-state index in [1.165, 1.54) is 16.9 Å². The summed E-state index contributed by atoms with van der Waals surface area (Å²) in [6.07, 6.45) is 6.46. The number of aromatic amines is 1. The maximum Gasteiger partial charge on any atom is 0.259 e. The standard InChI is InChI=1S/C25H26N4O2S2/c1-2-12-29(15-18-9-7-17(14-26)8-10-18)22(30)11-13-32-16-21-27-24(31)23-19-5-3-4-6-20(19)33-25(23)28-21/h2,7-10H,1,3-6,11-13,15-16H2,(H,27,28,31). The number of fused-ring (bicyclic) bond motifs is 3. The minimum absolute atomic E-state index is 0.0364. The normalized spacial score (nSPS) is 12.8. The Bertz CT molecular complexity index is 1250. The maximum atomic E-state index is 12.8. The summed E-state index contributed by atoms with van der Waals surface area (Å²) >= 11 is 3.25. The van der Waals surface area contributed by atoms with E-state index in [9.17, 15) is 9.59 Å². The first kappa shape index (κ1) is 23.3. The van der Waals surface area contributed by atoms with Gasteiger partial charge < -0.3 is 9.88 Å². The van der Waals surface area contributed by atoms with E-state index in [1.807, 2.05) is 12.1 Å². The number of nitrogens with zero attached hydrogens (tertiary/aromatic N) is 3. The number of hydrogen-bond donors (Lipinski definition) is 1. The first-order valence-electron chi connectivity index (χ1n) is 11.1. The van der Waals surface area contributed by atoms with Crippen LogP contribution in [0.15, 0.2) is 41.7 Å². The molecule has 0 radical (unpaired) electrons. The van der Waals surface area contributed by atoms with Gasteiger partial charge in [-0.25, -0.2) is 4.98 Å². The predicted octanol–water partition coefficient (Wildman–Crippen LogP) is 4.57. The van der Waals surface area contributed by atoms with Crippen LogP contribution in [-0.2, 0) is 29.9 Å². The third kappa shape index (κ3) is 5.55. The van der Waals surface area contributed by atoms with Crippen molar-refractivity contribution < 1.29 is 4.79 Å². The van der Waals surface area contributed by atoms with Crippen LogP contribution in [0.25, 0.3) is 10.2 Å². The number of aryl methyl sites for hydroxylation is 2. The Kier molecular flexibility index (Phi) is 7.63. The molecule has 0 unspecified atom stereocenters. The SMILES string of the molecule is C=CCN(Cc1ccc(C#N)cc1)C(=O)CCSCc1nc2sc3c(c2c(=O)[nH]1)CCCC3. The molecule has 0 saturated carbocycles. The van der Waals surface area contributed by atoms with Gasteiger partial charge in [0.05, 0.1) is 22.8 Å². The van der Waals surface area contributed by atoms with E-state index < -0.39 is 0 Å². The maximum absolute atomic E-state index is 12.8. The fraction of sp³-hybridized carbons (Fsp3) is 0.360. The van der Waals surface area contributed by atoms with Gasteiger partial charge in [0.15, 0.2) is 0 Å². The highest BCUT2D eigenvalue weighted by Crippen LogP contribution is 2.33. The number of benzene rings is 1. The number of rotatable bonds is 9. The number of carbonyl (C=O) groups is 1. The third-order valence-corrected chi connectivity index (χ3v) is 7.89. The van der Waals surface area contributed by atoms with E-state index in [0.717, 1.165) is 35.0 Å². The molecule has 0 aliphatic heterocycles. The van der Waals surface area contributed by atoms with Crippen LogP contribution < -0.4 is 5.56 Å². The van der Waals surface area contributed by atoms with E-state index in [0.29, 0.717) is 42.4 Å². The number of carbonyl (C=O) groups excluding carboxylic acids is 1. The zero-order chi connectivity index (χ0) is 23.2. The highest BCUT2D eigenvalue weighted by Gasteiger charge is 2.20. The van der Waals surface area contributed by atoms with Crippen molar-refractivity contribution in [1.29, 1.82) is 5.26 Å². The topological polar surface area (TPSA) is 89.8 Å². The van der Waals surface area contributed by atoms with E-state index in [4.69, 9.17) is 10.2 Å². The Morgan fingerprint density at radius 3 is 2.85 bits per heavy atom. The predicted molar refractivity (Wildman–Crippen MR) is 134 cm³/mol. The van der Waals surface area contributed by atoms with Gasteiger partial charge in [0.2, 0.25) is 5.91 Å². The number of aromatic nitrogens is 2. The van der Waals surface area contributed by atoms with Crippen molar-refractivity contribution in [3.8, 4) is 6.07 Å². The van der Waals surface area contributed by atoms with Crippen molar-refractivity contribution in [2.45, 2.75) is 44.4 Å². The first-order chi connectivity index (χ1) is 16.1. The Hall–Kier alpha value is -2.89. The van der Waals surface area contributed by atoms with Crippen molar-refractivity contribution >= 4 is 39.2 Å². The second-order valence-electron chi connectivity index (χ2n) is 8.08. The molecule has 8 heteroatoms. The number of thiophene rings is 1. The van der Waals surface area contributed by atoms with E-state index >= 15 is 0 Å². The van der Waals surface area contributed by atoms with Gasteiger partial charge in [0.25, 0.3) is 5.56 Å². The van der Waals surface area contributed by atoms with Gasteiger partial charge in [-0.3, -0.25) is 9.59 Å². The minimum Gasteiger partial charge on any atom is -0.335 e. The summed E-state index contributed by atoms with van der Waals surface area (Å²) in [6.45, 7) is 4.71. The molecule has 4 rings (SSSR count). The molecular weight excluding hydrogens is 452 g/mol. The van der Waals surface area contributed by atoms with Gasteiger partial charge >= 0.3 is 0 Å². The van der Waals surface area contributed by atoms with Crippen LogP contribution in [0.5, 0.6) is 0 Å². The second-order valence-corrected chi connectivity index (χ2v) is 10.3. The Labute approximate surface area is 201 Å². The van der Waals surface area contributed by atoms with Crippen LogP contribution in [0.3, 0.4) is 0 Å². The molecule has 1 aliphatic carbocycles. The number of nitriles is 1. The number of amides is 1. The van der Waals surface area contributed by atoms with Gasteiger partial charge in [-0.1, -0.05) is 18.2 Å². The molecule has 2 aromatic heterocycles. The second kappa shape index (κ2) is 10.8. The molecule has 1 aromatic carbocycles. The summed E-state index contributed by atoms with van der Waals surface area (Å²) in [5, 5.41) is 9.72. The summed E-state index contributed by atoms with van der Waals surface area (Å²) in [7, 11) is 0. The largest absolute Gasteiger partial charge is 0.335 e. The molecule has 2 heterocycles. The number of H-pyrrole nitrogens is 1. The van der Waals surface area contributed by atoms with Crippen molar-refractivity contribution in [2.24, 2.45) is 0 Å². The van der Waals surface area contributed by atoms with Crippen molar-refractivity contribution in [3.05, 3.63) is 74.7 Å². The molecule has 1 amide bonds. The highest BCUT2D eigenvalue weighted by atomic mass is 32.2. The first-order valence-corrected chi connectivity index (χ1v) is 13.0. The molecule has 3 aromatic rings. The molecule has 1 N–H and O–H groups in total. The summed E-state index contributed by atoms with van der Waals surface area (Å²) < 4.78 is 0. The molecule has 170 valence electrons. The summed E-state index contributed by atoms with van der Waals surface area (Å²) in [6, 6.07) is 9.37. The Balaban J connectivity index is 1.32. The molecule has 1 aliphatic rings. The fourth-order valence-corrected chi connectivity index (χ4v) is 6.15. The lowest BCUT2D eigenvalue weighted by molar-refractivity contribution is -0.130. The molecule has 0 atom stereocenters. The average molecular weight is 479 g/mol. The molecule has 0 fully saturated rings. The highest BCUT2D eigenvalue weighted by molar-refractivity contribution is 7.98. The summed E-state index contributed by atoms with van der Waals surface area (Å²) in [5.41, 5.74) is 2.74. The zero-order valence-corrected chi connectivity index (χ0v) is 20.1. The summed E-state index contributed by atoms with van der Waals surface area (Å²) in [5.74, 6) is 1.93. The molecule has 0 bridgehead atoms. The van der Waals surface area contributed by atoms with Gasteiger partial charge in [0.1, 0.15) is 10.7 Å². The van der Waals surface area contributed by atoms with Crippen molar-refractivity contribution in [2.75, 3.05) is 12.3 Å². The lowest BCUT2D eigenvalue weighted by Gasteiger charge is -2.21. The third-order valence-electron chi connectivity index (χ3n) is 5.73. The number of hydrogen-bond acceptors (Lipinski definition) is 6. The molecule has 33 heavy (non-hydrogen) atoms. The van der Waals surface area contributed by atoms with Crippen LogP contribution in [0.4, 0.5) is 0 Å². The van der Waals surface area contributed by atoms with Crippen molar-refractivity contribution in [1.82, 2.24) is 14.9 Å². The van der Waals surface area contributed by atoms with E-state index in [1.54, 1.807) is 46.2 Å². The minimum atomic E-state index is -0.0364. The van der Waals surface area contributed by atoms with E-state index in [2.05, 4.69) is 17.6 Å². The summed E-state index contributed by atoms with van der Waals surface area (Å²) in [4.78, 5) is 37.0. The van der Waals surface area contributed by atoms with Gasteiger partial charge in [-0.05, 0) is 48.9 Å². The van der Waals surface area contributed by atoms with Crippen LogP contribution in [0.2, 0.25) is 0 Å². The quantitative estimate of drug-likeness (QED) is 0.359. The number of thioether (sulfide) groups is 1. The number of nitrogens with one attached hydrogen (secondary N) is 1. The average Bonchev–Trinajstić information content (AvgIpc) is 3.21. The van der Waals surface area contributed by atoms with Crippen LogP contribution in [0.1, 0.15) is 46.7 Å². The Morgan fingerprint density at radius 1 is 1.30 bits per heavy atom. The van der Waals surface area contributed by atoms with Gasteiger partial charge in [0, 0.05) is 30.1 Å². The fourth-order valence-electron chi connectivity index (χ4n) is 4.08. The van der Waals surface area contributed by atoms with Crippen molar-refractivity contribution in [3.63, 3.8) is 0 Å². The smallest absolute Gasteiger partial charge is 0.259 e. The lowest BCUT2D eigenvalue weighted by Crippen LogP contribution is -2.30. The van der Waals surface area contributed by atoms with E-state index in [-0.39, 0.29) is 11.5 Å². The zero-order valence-electron chi connectivity index (χ0n) is 18.4. The van der Waals surface area contributed by atoms with Gasteiger partial charge in [-0.2, -0.15) is 17.0 Å². The Morgan fingerprint density at radius 2 is 2.09 bits per heavy atom. The molecule has 0 saturated heterocycles. The molecular formula is C25H26N4O2S2.